The van der Waals surface area contributed by atoms with Crippen molar-refractivity contribution in [2.24, 2.45) is 0 Å². The minimum Gasteiger partial charge on any atom is -0.319 e. The summed E-state index contributed by atoms with van der Waals surface area (Å²) in [4.78, 5) is 14.1. The van der Waals surface area contributed by atoms with Crippen LogP contribution in [0.1, 0.15) is 77.6 Å². The Morgan fingerprint density at radius 3 is 1.48 bits per heavy atom. The van der Waals surface area contributed by atoms with Gasteiger partial charge in [-0.15, -0.1) is 0 Å². The van der Waals surface area contributed by atoms with E-state index in [1.807, 2.05) is 0 Å². The first-order valence-corrected chi connectivity index (χ1v) is 9.77. The summed E-state index contributed by atoms with van der Waals surface area (Å²) in [6.07, 6.45) is -4.77. The van der Waals surface area contributed by atoms with Crippen LogP contribution >= 0.6 is 0 Å². The second-order valence-electron chi connectivity index (χ2n) is 7.68. The van der Waals surface area contributed by atoms with Crippen LogP contribution in [-0.2, 0) is 0 Å². The van der Waals surface area contributed by atoms with E-state index in [2.05, 4.69) is 0 Å². The molecule has 1 N–H and O–H groups in total. The molecule has 0 radical (unpaired) electrons. The molecule has 0 spiro atoms. The lowest BCUT2D eigenvalue weighted by Crippen LogP contribution is -2.70. The Hall–Kier alpha value is -1.15. The van der Waals surface area contributed by atoms with E-state index >= 15 is 0 Å². The number of carbonyl (C=O) groups excluding carboxylic acids is 1. The van der Waals surface area contributed by atoms with E-state index in [0.717, 1.165) is 45.4 Å². The van der Waals surface area contributed by atoms with Gasteiger partial charge in [-0.1, -0.05) is 45.4 Å². The Kier molecular flexibility index (Phi) is 6.95. The quantitative estimate of drug-likeness (QED) is 0.580. The van der Waals surface area contributed by atoms with Gasteiger partial charge in [-0.25, -0.2) is 4.79 Å². The monoisotopic (exact) mass is 402 g/mol. The van der Waals surface area contributed by atoms with Crippen molar-refractivity contribution in [3.05, 3.63) is 0 Å². The normalized spacial score (nSPS) is 21.1. The molecule has 2 fully saturated rings. The van der Waals surface area contributed by atoms with Crippen molar-refractivity contribution in [2.75, 3.05) is 0 Å². The predicted molar refractivity (Wildman–Crippen MR) is 89.2 cm³/mol. The molecule has 2 rings (SSSR count). The molecule has 0 aliphatic heterocycles. The highest BCUT2D eigenvalue weighted by atomic mass is 19.4. The Morgan fingerprint density at radius 1 is 0.815 bits per heavy atom. The van der Waals surface area contributed by atoms with Crippen molar-refractivity contribution in [1.82, 2.24) is 10.2 Å². The number of amides is 2. The zero-order valence-electron chi connectivity index (χ0n) is 15.6. The molecule has 2 amide bonds. The molecule has 0 unspecified atom stereocenters. The summed E-state index contributed by atoms with van der Waals surface area (Å²) in [5.74, 6) is 0. The van der Waals surface area contributed by atoms with Crippen LogP contribution in [-0.4, -0.2) is 40.9 Å². The molecule has 2 aliphatic carbocycles. The summed E-state index contributed by atoms with van der Waals surface area (Å²) in [7, 11) is 0. The van der Waals surface area contributed by atoms with Crippen molar-refractivity contribution in [2.45, 2.75) is 108 Å². The highest BCUT2D eigenvalue weighted by Gasteiger charge is 2.71. The van der Waals surface area contributed by atoms with Gasteiger partial charge in [0.05, 0.1) is 0 Å². The van der Waals surface area contributed by atoms with E-state index in [-0.39, 0.29) is 12.1 Å². The smallest absolute Gasteiger partial charge is 0.319 e. The molecule has 2 saturated carbocycles. The minimum atomic E-state index is -5.62. The number of hydrogen-bond donors (Lipinski definition) is 1. The van der Waals surface area contributed by atoms with Gasteiger partial charge in [0.1, 0.15) is 0 Å². The van der Waals surface area contributed by atoms with E-state index in [1.54, 1.807) is 0 Å². The predicted octanol–water partition coefficient (Wildman–Crippen LogP) is 5.94. The molecule has 0 aromatic carbocycles. The summed E-state index contributed by atoms with van der Waals surface area (Å²) in [6, 6.07) is -1.82. The van der Waals surface area contributed by atoms with E-state index < -0.39 is 30.3 Å². The Labute approximate surface area is 155 Å². The van der Waals surface area contributed by atoms with Gasteiger partial charge in [0.2, 0.25) is 5.54 Å². The van der Waals surface area contributed by atoms with Crippen molar-refractivity contribution >= 4 is 6.03 Å². The maximum Gasteiger partial charge on any atom is 0.420 e. The van der Waals surface area contributed by atoms with Crippen molar-refractivity contribution in [3.8, 4) is 0 Å². The van der Waals surface area contributed by atoms with Crippen molar-refractivity contribution < 1.29 is 31.1 Å². The van der Waals surface area contributed by atoms with Crippen LogP contribution in [0.15, 0.2) is 0 Å². The molecular formula is C18H28F6N2O. The van der Waals surface area contributed by atoms with E-state index in [1.165, 1.54) is 10.2 Å². The summed E-state index contributed by atoms with van der Waals surface area (Å²) >= 11 is 0. The average Bonchev–Trinajstić information content (AvgIpc) is 2.59. The number of hydrogen-bond acceptors (Lipinski definition) is 1. The summed E-state index contributed by atoms with van der Waals surface area (Å²) in [5, 5.41) is 1.39. The fraction of sp³-hybridized carbons (Fsp3) is 0.944. The summed E-state index contributed by atoms with van der Waals surface area (Å²) in [5.41, 5.74) is -4.22. The zero-order valence-corrected chi connectivity index (χ0v) is 15.6. The zero-order chi connectivity index (χ0) is 20.3. The highest BCUT2D eigenvalue weighted by Crippen LogP contribution is 2.45. The molecule has 0 atom stereocenters. The van der Waals surface area contributed by atoms with Gasteiger partial charge >= 0.3 is 18.4 Å². The van der Waals surface area contributed by atoms with Gasteiger partial charge in [0.15, 0.2) is 0 Å². The van der Waals surface area contributed by atoms with Gasteiger partial charge < -0.3 is 10.2 Å². The maximum atomic E-state index is 13.4. The topological polar surface area (TPSA) is 32.3 Å². The minimum absolute atomic E-state index is 0.294. The first-order valence-electron chi connectivity index (χ1n) is 9.77. The molecule has 3 nitrogen and oxygen atoms in total. The van der Waals surface area contributed by atoms with Crippen LogP contribution in [0.2, 0.25) is 0 Å². The lowest BCUT2D eigenvalue weighted by molar-refractivity contribution is -0.305. The average molecular weight is 402 g/mol. The van der Waals surface area contributed by atoms with Crippen LogP contribution in [0.4, 0.5) is 31.1 Å². The second kappa shape index (κ2) is 8.47. The lowest BCUT2D eigenvalue weighted by Gasteiger charge is -2.44. The maximum absolute atomic E-state index is 13.4. The Balaban J connectivity index is 2.32. The first-order chi connectivity index (χ1) is 12.5. The third kappa shape index (κ3) is 4.65. The van der Waals surface area contributed by atoms with E-state index in [9.17, 15) is 31.1 Å². The molecule has 0 aromatic heterocycles. The third-order valence-electron chi connectivity index (χ3n) is 5.99. The van der Waals surface area contributed by atoms with Gasteiger partial charge in [0, 0.05) is 12.1 Å². The van der Waals surface area contributed by atoms with Crippen LogP contribution < -0.4 is 5.32 Å². The van der Waals surface area contributed by atoms with E-state index in [4.69, 9.17) is 0 Å². The third-order valence-corrected chi connectivity index (χ3v) is 5.99. The molecule has 0 bridgehead atoms. The number of halogens is 6. The largest absolute Gasteiger partial charge is 0.420 e. The van der Waals surface area contributed by atoms with Gasteiger partial charge in [-0.05, 0) is 32.1 Å². The highest BCUT2D eigenvalue weighted by molar-refractivity contribution is 5.76. The molecule has 0 saturated heterocycles. The standard InChI is InChI=1S/C18H28F6N2O/c1-2-16(17(19,20)21,18(22,23)24)25-15(27)26(13-9-5-3-6-10-13)14-11-7-4-8-12-14/h13-14H,2-12H2,1H3,(H,25,27). The Bertz CT molecular complexity index is 461. The number of rotatable bonds is 4. The second-order valence-corrected chi connectivity index (χ2v) is 7.68. The molecular weight excluding hydrogens is 374 g/mol. The molecule has 0 heterocycles. The van der Waals surface area contributed by atoms with Crippen LogP contribution in [0.3, 0.4) is 0 Å². The molecule has 9 heteroatoms. The first kappa shape index (κ1) is 22.1. The fourth-order valence-electron chi connectivity index (χ4n) is 4.39. The molecule has 0 aromatic rings. The number of nitrogens with one attached hydrogen (secondary N) is 1. The number of urea groups is 1. The van der Waals surface area contributed by atoms with Gasteiger partial charge in [0.25, 0.3) is 0 Å². The Morgan fingerprint density at radius 2 is 1.19 bits per heavy atom. The van der Waals surface area contributed by atoms with Crippen LogP contribution in [0.5, 0.6) is 0 Å². The SMILES string of the molecule is CCC(NC(=O)N(C1CCCCC1)C1CCCCC1)(C(F)(F)F)C(F)(F)F. The molecule has 27 heavy (non-hydrogen) atoms. The van der Waals surface area contributed by atoms with Crippen LogP contribution in [0, 0.1) is 0 Å². The number of alkyl halides is 6. The van der Waals surface area contributed by atoms with Crippen LogP contribution in [0.25, 0.3) is 0 Å². The number of carbonyl (C=O) groups is 1. The number of nitrogens with zero attached hydrogens (tertiary/aromatic N) is 1. The lowest BCUT2D eigenvalue weighted by atomic mass is 9.88. The summed E-state index contributed by atoms with van der Waals surface area (Å²) in [6.45, 7) is 0.798. The van der Waals surface area contributed by atoms with Gasteiger partial charge in [-0.2, -0.15) is 26.3 Å². The van der Waals surface area contributed by atoms with Crippen molar-refractivity contribution in [1.29, 1.82) is 0 Å². The summed E-state index contributed by atoms with van der Waals surface area (Å²) < 4.78 is 80.6. The molecule has 2 aliphatic rings. The molecule has 158 valence electrons. The van der Waals surface area contributed by atoms with Gasteiger partial charge in [-0.3, -0.25) is 0 Å². The fourth-order valence-corrected chi connectivity index (χ4v) is 4.39. The van der Waals surface area contributed by atoms with E-state index in [0.29, 0.717) is 25.7 Å². The van der Waals surface area contributed by atoms with Crippen molar-refractivity contribution in [3.63, 3.8) is 0 Å².